The van der Waals surface area contributed by atoms with E-state index in [4.69, 9.17) is 0 Å². The lowest BCUT2D eigenvalue weighted by Gasteiger charge is -2.15. The number of benzene rings is 1. The van der Waals surface area contributed by atoms with Crippen LogP contribution < -0.4 is 0 Å². The number of rotatable bonds is 5. The van der Waals surface area contributed by atoms with Crippen LogP contribution in [0, 0.1) is 12.8 Å². The molecule has 0 radical (unpaired) electrons. The predicted molar refractivity (Wildman–Crippen MR) is 91.4 cm³/mol. The number of aromatic amines is 2. The summed E-state index contributed by atoms with van der Waals surface area (Å²) in [6.45, 7) is 4.38. The van der Waals surface area contributed by atoms with Crippen molar-refractivity contribution in [3.63, 3.8) is 0 Å². The molecule has 0 spiro atoms. The number of nitrogens with one attached hydrogen (secondary N) is 2. The van der Waals surface area contributed by atoms with Gasteiger partial charge in [-0.3, -0.25) is 10.00 Å². The van der Waals surface area contributed by atoms with Gasteiger partial charge in [0.1, 0.15) is 0 Å². The molecule has 8 heteroatoms. The predicted octanol–water partition coefficient (Wildman–Crippen LogP) is 0.934. The lowest BCUT2D eigenvalue weighted by atomic mass is 10.0. The van der Waals surface area contributed by atoms with Crippen LogP contribution in [0.3, 0.4) is 0 Å². The Balaban J connectivity index is 1.37. The van der Waals surface area contributed by atoms with Crippen LogP contribution in [-0.2, 0) is 13.0 Å². The molecule has 4 rings (SSSR count). The second kappa shape index (κ2) is 6.73. The van der Waals surface area contributed by atoms with E-state index in [2.05, 4.69) is 47.9 Å². The van der Waals surface area contributed by atoms with Crippen LogP contribution in [0.5, 0.6) is 0 Å². The highest BCUT2D eigenvalue weighted by atomic mass is 16.3. The third-order valence-corrected chi connectivity index (χ3v) is 4.68. The molecule has 0 unspecified atom stereocenters. The summed E-state index contributed by atoms with van der Waals surface area (Å²) in [6, 6.07) is 10.2. The molecule has 25 heavy (non-hydrogen) atoms. The van der Waals surface area contributed by atoms with Gasteiger partial charge in [-0.1, -0.05) is 24.3 Å². The van der Waals surface area contributed by atoms with Gasteiger partial charge in [0.05, 0.1) is 11.8 Å². The van der Waals surface area contributed by atoms with Crippen molar-refractivity contribution in [3.05, 3.63) is 47.3 Å². The van der Waals surface area contributed by atoms with E-state index < -0.39 is 0 Å². The molecule has 8 nitrogen and oxygen atoms in total. The first-order valence-corrected chi connectivity index (χ1v) is 8.41. The first-order valence-electron chi connectivity index (χ1n) is 8.41. The van der Waals surface area contributed by atoms with Crippen molar-refractivity contribution in [1.82, 2.24) is 35.7 Å². The normalized spacial score (nSPS) is 21.0. The summed E-state index contributed by atoms with van der Waals surface area (Å²) in [6.07, 6.45) is 0.495. The molecule has 0 bridgehead atoms. The molecule has 130 valence electrons. The first-order chi connectivity index (χ1) is 12.2. The van der Waals surface area contributed by atoms with Crippen molar-refractivity contribution in [2.45, 2.75) is 26.0 Å². The molecule has 2 aromatic heterocycles. The SMILES string of the molecule is Cc1cc(C[C@@H]2CN(Cc3ccc(-c4nn[nH]n4)cc3)C[C@H]2O)n[nH]1. The van der Waals surface area contributed by atoms with Crippen molar-refractivity contribution in [1.29, 1.82) is 0 Å². The van der Waals surface area contributed by atoms with Crippen LogP contribution in [0.1, 0.15) is 17.0 Å². The number of aliphatic hydroxyl groups excluding tert-OH is 1. The van der Waals surface area contributed by atoms with Gasteiger partial charge in [-0.05, 0) is 30.2 Å². The van der Waals surface area contributed by atoms with E-state index in [1.54, 1.807) is 0 Å². The fraction of sp³-hybridized carbons (Fsp3) is 0.412. The molecule has 1 aromatic carbocycles. The van der Waals surface area contributed by atoms with Gasteiger partial charge >= 0.3 is 0 Å². The van der Waals surface area contributed by atoms with Crippen molar-refractivity contribution in [2.24, 2.45) is 5.92 Å². The molecular weight excluding hydrogens is 318 g/mol. The minimum atomic E-state index is -0.310. The van der Waals surface area contributed by atoms with Crippen LogP contribution in [-0.4, -0.2) is 60.0 Å². The molecule has 0 saturated carbocycles. The van der Waals surface area contributed by atoms with Crippen LogP contribution in [0.4, 0.5) is 0 Å². The zero-order valence-corrected chi connectivity index (χ0v) is 14.1. The molecule has 3 N–H and O–H groups in total. The maximum absolute atomic E-state index is 10.4. The smallest absolute Gasteiger partial charge is 0.204 e. The van der Waals surface area contributed by atoms with Crippen molar-refractivity contribution < 1.29 is 5.11 Å². The molecule has 1 fully saturated rings. The van der Waals surface area contributed by atoms with E-state index in [1.165, 1.54) is 5.56 Å². The average Bonchev–Trinajstić information content (AvgIpc) is 3.32. The monoisotopic (exact) mass is 339 g/mol. The van der Waals surface area contributed by atoms with E-state index in [1.807, 2.05) is 25.1 Å². The topological polar surface area (TPSA) is 107 Å². The summed E-state index contributed by atoms with van der Waals surface area (Å²) < 4.78 is 0. The molecule has 1 aliphatic rings. The molecule has 3 aromatic rings. The van der Waals surface area contributed by atoms with Gasteiger partial charge in [0.2, 0.25) is 5.82 Å². The fourth-order valence-electron chi connectivity index (χ4n) is 3.42. The Morgan fingerprint density at radius 1 is 1.20 bits per heavy atom. The van der Waals surface area contributed by atoms with Gasteiger partial charge in [0.25, 0.3) is 0 Å². The molecule has 0 aliphatic carbocycles. The molecule has 0 amide bonds. The third-order valence-electron chi connectivity index (χ3n) is 4.68. The number of H-pyrrole nitrogens is 2. The lowest BCUT2D eigenvalue weighted by molar-refractivity contribution is 0.140. The van der Waals surface area contributed by atoms with E-state index >= 15 is 0 Å². The van der Waals surface area contributed by atoms with E-state index in [-0.39, 0.29) is 12.0 Å². The number of hydrogen-bond donors (Lipinski definition) is 3. The molecular formula is C17H21N7O. The summed E-state index contributed by atoms with van der Waals surface area (Å²) in [5.74, 6) is 0.818. The molecule has 1 aliphatic heterocycles. The van der Waals surface area contributed by atoms with Gasteiger partial charge in [-0.25, -0.2) is 0 Å². The number of aryl methyl sites for hydroxylation is 1. The van der Waals surface area contributed by atoms with E-state index in [0.717, 1.165) is 36.5 Å². The van der Waals surface area contributed by atoms with Crippen molar-refractivity contribution >= 4 is 0 Å². The summed E-state index contributed by atoms with van der Waals surface area (Å²) >= 11 is 0. The third kappa shape index (κ3) is 3.59. The average molecular weight is 339 g/mol. The van der Waals surface area contributed by atoms with Gasteiger partial charge in [-0.15, -0.1) is 10.2 Å². The van der Waals surface area contributed by atoms with Gasteiger partial charge in [0.15, 0.2) is 0 Å². The van der Waals surface area contributed by atoms with Crippen molar-refractivity contribution in [3.8, 4) is 11.4 Å². The quantitative estimate of drug-likeness (QED) is 0.638. The molecule has 3 heterocycles. The highest BCUT2D eigenvalue weighted by molar-refractivity contribution is 5.54. The van der Waals surface area contributed by atoms with Crippen LogP contribution in [0.15, 0.2) is 30.3 Å². The van der Waals surface area contributed by atoms with Gasteiger partial charge < -0.3 is 5.11 Å². The van der Waals surface area contributed by atoms with Gasteiger partial charge in [0, 0.05) is 36.8 Å². The maximum atomic E-state index is 10.4. The second-order valence-corrected chi connectivity index (χ2v) is 6.70. The highest BCUT2D eigenvalue weighted by Crippen LogP contribution is 2.23. The zero-order valence-electron chi connectivity index (χ0n) is 14.1. The Labute approximate surface area is 145 Å². The maximum Gasteiger partial charge on any atom is 0.204 e. The second-order valence-electron chi connectivity index (χ2n) is 6.70. The van der Waals surface area contributed by atoms with Crippen molar-refractivity contribution in [2.75, 3.05) is 13.1 Å². The first kappa shape index (κ1) is 15.9. The summed E-state index contributed by atoms with van der Waals surface area (Å²) in [4.78, 5) is 2.29. The number of tetrazole rings is 1. The number of aliphatic hydroxyl groups is 1. The van der Waals surface area contributed by atoms with Crippen LogP contribution >= 0.6 is 0 Å². The largest absolute Gasteiger partial charge is 0.391 e. The standard InChI is InChI=1S/C17H21N7O/c1-11-6-15(19-18-11)7-14-9-24(10-16(14)25)8-12-2-4-13(5-3-12)17-20-22-23-21-17/h2-6,14,16,25H,7-10H2,1H3,(H,18,19)(H,20,21,22,23)/t14-,16-/m1/s1. The van der Waals surface area contributed by atoms with Crippen LogP contribution in [0.25, 0.3) is 11.4 Å². The Morgan fingerprint density at radius 2 is 2.04 bits per heavy atom. The molecule has 1 saturated heterocycles. The highest BCUT2D eigenvalue weighted by Gasteiger charge is 2.31. The van der Waals surface area contributed by atoms with E-state index in [0.29, 0.717) is 12.4 Å². The summed E-state index contributed by atoms with van der Waals surface area (Å²) in [5, 5.41) is 31.6. The Morgan fingerprint density at radius 3 is 2.72 bits per heavy atom. The summed E-state index contributed by atoms with van der Waals surface area (Å²) in [7, 11) is 0. The Bertz CT molecular complexity index is 812. The number of likely N-dealkylation sites (tertiary alicyclic amines) is 1. The lowest BCUT2D eigenvalue weighted by Crippen LogP contribution is -2.21. The number of aromatic nitrogens is 6. The minimum absolute atomic E-state index is 0.223. The number of nitrogens with zero attached hydrogens (tertiary/aromatic N) is 5. The van der Waals surface area contributed by atoms with Gasteiger partial charge in [-0.2, -0.15) is 10.3 Å². The number of hydrogen-bond acceptors (Lipinski definition) is 6. The van der Waals surface area contributed by atoms with E-state index in [9.17, 15) is 5.11 Å². The summed E-state index contributed by atoms with van der Waals surface area (Å²) in [5.41, 5.74) is 4.22. The molecule has 2 atom stereocenters. The Hall–Kier alpha value is -2.58. The Kier molecular flexibility index (Phi) is 4.29. The van der Waals surface area contributed by atoms with Crippen LogP contribution in [0.2, 0.25) is 0 Å². The number of β-amino-alcohol motifs (C(OH)–C–C–N with tert-alkyl or cyclic N) is 1. The zero-order chi connectivity index (χ0) is 17.2. The minimum Gasteiger partial charge on any atom is -0.391 e. The fourth-order valence-corrected chi connectivity index (χ4v) is 3.42.